The van der Waals surface area contributed by atoms with E-state index in [1.54, 1.807) is 35.5 Å². The zero-order chi connectivity index (χ0) is 17.7. The van der Waals surface area contributed by atoms with Crippen LogP contribution in [0.3, 0.4) is 0 Å². The highest BCUT2D eigenvalue weighted by Crippen LogP contribution is 2.35. The van der Waals surface area contributed by atoms with Gasteiger partial charge in [-0.25, -0.2) is 0 Å². The third-order valence-electron chi connectivity index (χ3n) is 3.19. The maximum atomic E-state index is 12.5. The van der Waals surface area contributed by atoms with Crippen molar-refractivity contribution in [3.63, 3.8) is 0 Å². The number of benzene rings is 1. The Morgan fingerprint density at radius 2 is 1.88 bits per heavy atom. The fraction of sp³-hybridized carbons (Fsp3) is 0.250. The van der Waals surface area contributed by atoms with Gasteiger partial charge in [0.05, 0.1) is 22.2 Å². The number of ether oxygens (including phenoxy) is 1. The van der Waals surface area contributed by atoms with Crippen molar-refractivity contribution in [1.29, 1.82) is 0 Å². The van der Waals surface area contributed by atoms with E-state index >= 15 is 0 Å². The van der Waals surface area contributed by atoms with Gasteiger partial charge in [-0.15, -0.1) is 0 Å². The molecule has 0 aliphatic carbocycles. The molecule has 8 heteroatoms. The molecular weight excluding hydrogens is 485 g/mol. The molecule has 0 saturated heterocycles. The van der Waals surface area contributed by atoms with Gasteiger partial charge in [0, 0.05) is 27.5 Å². The molecule has 0 aliphatic rings. The zero-order valence-electron chi connectivity index (χ0n) is 12.7. The summed E-state index contributed by atoms with van der Waals surface area (Å²) in [6.45, 7) is 3.12. The quantitative estimate of drug-likeness (QED) is 0.514. The lowest BCUT2D eigenvalue weighted by molar-refractivity contribution is 0.0739. The third kappa shape index (κ3) is 5.12. The SMILES string of the molecule is CCN(CCOc1c(Cl)cc(Cl)cc1Cl)C(=O)c1cncc(I)c1. The predicted octanol–water partition coefficient (Wildman–Crippen LogP) is 5.19. The van der Waals surface area contributed by atoms with E-state index in [9.17, 15) is 4.79 Å². The van der Waals surface area contributed by atoms with Gasteiger partial charge in [0.15, 0.2) is 5.75 Å². The Balaban J connectivity index is 2.01. The number of pyridine rings is 1. The molecule has 0 unspecified atom stereocenters. The molecule has 24 heavy (non-hydrogen) atoms. The van der Waals surface area contributed by atoms with Crippen molar-refractivity contribution in [1.82, 2.24) is 9.88 Å². The average Bonchev–Trinajstić information content (AvgIpc) is 2.53. The van der Waals surface area contributed by atoms with Crippen molar-refractivity contribution in [2.75, 3.05) is 19.7 Å². The molecule has 128 valence electrons. The van der Waals surface area contributed by atoms with Crippen LogP contribution in [0.2, 0.25) is 15.1 Å². The first-order valence-electron chi connectivity index (χ1n) is 7.09. The summed E-state index contributed by atoms with van der Waals surface area (Å²) >= 11 is 20.1. The number of halogens is 4. The monoisotopic (exact) mass is 498 g/mol. The number of rotatable bonds is 6. The Morgan fingerprint density at radius 3 is 2.46 bits per heavy atom. The Labute approximate surface area is 169 Å². The summed E-state index contributed by atoms with van der Waals surface area (Å²) in [5, 5.41) is 1.11. The summed E-state index contributed by atoms with van der Waals surface area (Å²) in [6, 6.07) is 4.92. The van der Waals surface area contributed by atoms with Gasteiger partial charge in [-0.2, -0.15) is 0 Å². The number of amides is 1. The highest BCUT2D eigenvalue weighted by Gasteiger charge is 2.16. The van der Waals surface area contributed by atoms with Crippen molar-refractivity contribution in [2.24, 2.45) is 0 Å². The number of hydrogen-bond acceptors (Lipinski definition) is 3. The lowest BCUT2D eigenvalue weighted by Crippen LogP contribution is -2.34. The number of carbonyl (C=O) groups is 1. The first-order chi connectivity index (χ1) is 11.4. The van der Waals surface area contributed by atoms with Gasteiger partial charge in [-0.3, -0.25) is 9.78 Å². The van der Waals surface area contributed by atoms with Crippen molar-refractivity contribution < 1.29 is 9.53 Å². The molecule has 1 amide bonds. The standard InChI is InChI=1S/C16H14Cl3IN2O2/c1-2-22(16(23)10-5-12(20)9-21-8-10)3-4-24-15-13(18)6-11(17)7-14(15)19/h5-9H,2-4H2,1H3. The molecular formula is C16H14Cl3IN2O2. The molecule has 0 atom stereocenters. The highest BCUT2D eigenvalue weighted by molar-refractivity contribution is 14.1. The van der Waals surface area contributed by atoms with Gasteiger partial charge in [-0.1, -0.05) is 34.8 Å². The van der Waals surface area contributed by atoms with Gasteiger partial charge < -0.3 is 9.64 Å². The van der Waals surface area contributed by atoms with Crippen molar-refractivity contribution >= 4 is 63.3 Å². The molecule has 2 rings (SSSR count). The van der Waals surface area contributed by atoms with Crippen LogP contribution >= 0.6 is 57.4 Å². The normalized spacial score (nSPS) is 10.5. The highest BCUT2D eigenvalue weighted by atomic mass is 127. The number of hydrogen-bond donors (Lipinski definition) is 0. The molecule has 0 N–H and O–H groups in total. The molecule has 2 aromatic rings. The molecule has 0 bridgehead atoms. The molecule has 0 aliphatic heterocycles. The zero-order valence-corrected chi connectivity index (χ0v) is 17.2. The molecule has 1 aromatic carbocycles. The van der Waals surface area contributed by atoms with E-state index in [2.05, 4.69) is 27.6 Å². The fourth-order valence-corrected chi connectivity index (χ4v) is 3.46. The molecule has 0 saturated carbocycles. The smallest absolute Gasteiger partial charge is 0.255 e. The summed E-state index contributed by atoms with van der Waals surface area (Å²) in [5.74, 6) is 0.266. The lowest BCUT2D eigenvalue weighted by Gasteiger charge is -2.21. The second kappa shape index (κ2) is 9.08. The second-order valence-corrected chi connectivity index (χ2v) is 7.32. The first kappa shape index (κ1) is 19.6. The number of likely N-dealkylation sites (N-methyl/N-ethyl adjacent to an activating group) is 1. The topological polar surface area (TPSA) is 42.4 Å². The molecule has 0 fully saturated rings. The lowest BCUT2D eigenvalue weighted by atomic mass is 10.2. The van der Waals surface area contributed by atoms with E-state index < -0.39 is 0 Å². The van der Waals surface area contributed by atoms with Gasteiger partial charge in [0.25, 0.3) is 5.91 Å². The Kier molecular flexibility index (Phi) is 7.40. The van der Waals surface area contributed by atoms with Crippen molar-refractivity contribution in [3.8, 4) is 5.75 Å². The number of aromatic nitrogens is 1. The van der Waals surface area contributed by atoms with Gasteiger partial charge >= 0.3 is 0 Å². The van der Waals surface area contributed by atoms with Crippen LogP contribution in [-0.2, 0) is 0 Å². The van der Waals surface area contributed by atoms with E-state index in [4.69, 9.17) is 39.5 Å². The Morgan fingerprint density at radius 1 is 1.21 bits per heavy atom. The minimum Gasteiger partial charge on any atom is -0.489 e. The molecule has 0 spiro atoms. The summed E-state index contributed by atoms with van der Waals surface area (Å²) in [5.41, 5.74) is 0.548. The minimum absolute atomic E-state index is 0.0968. The predicted molar refractivity (Wildman–Crippen MR) is 105 cm³/mol. The van der Waals surface area contributed by atoms with E-state index in [0.717, 1.165) is 3.57 Å². The first-order valence-corrected chi connectivity index (χ1v) is 9.30. The van der Waals surface area contributed by atoms with Gasteiger partial charge in [0.2, 0.25) is 0 Å². The van der Waals surface area contributed by atoms with E-state index in [1.807, 2.05) is 6.92 Å². The van der Waals surface area contributed by atoms with Crippen LogP contribution in [0.4, 0.5) is 0 Å². The summed E-state index contributed by atoms with van der Waals surface area (Å²) in [7, 11) is 0. The van der Waals surface area contributed by atoms with Crippen LogP contribution in [0.5, 0.6) is 5.75 Å². The second-order valence-electron chi connectivity index (χ2n) is 4.82. The number of carbonyl (C=O) groups excluding carboxylic acids is 1. The maximum Gasteiger partial charge on any atom is 0.255 e. The third-order valence-corrected chi connectivity index (χ3v) is 4.56. The molecule has 4 nitrogen and oxygen atoms in total. The summed E-state index contributed by atoms with van der Waals surface area (Å²) in [4.78, 5) is 18.2. The largest absolute Gasteiger partial charge is 0.489 e. The van der Waals surface area contributed by atoms with E-state index in [-0.39, 0.29) is 12.5 Å². The summed E-state index contributed by atoms with van der Waals surface area (Å²) < 4.78 is 6.54. The van der Waals surface area contributed by atoms with Crippen molar-refractivity contribution in [2.45, 2.75) is 6.92 Å². The van der Waals surface area contributed by atoms with Gasteiger partial charge in [-0.05, 0) is 47.7 Å². The Hall–Kier alpha value is -0.760. The maximum absolute atomic E-state index is 12.5. The fourth-order valence-electron chi connectivity index (χ4n) is 2.04. The Bertz CT molecular complexity index is 720. The van der Waals surface area contributed by atoms with Crippen LogP contribution in [0.1, 0.15) is 17.3 Å². The van der Waals surface area contributed by atoms with Crippen LogP contribution < -0.4 is 4.74 Å². The van der Waals surface area contributed by atoms with E-state index in [0.29, 0.717) is 39.5 Å². The van der Waals surface area contributed by atoms with Crippen LogP contribution in [-0.4, -0.2) is 35.5 Å². The molecule has 1 heterocycles. The number of nitrogens with zero attached hydrogens (tertiary/aromatic N) is 2. The molecule has 0 radical (unpaired) electrons. The van der Waals surface area contributed by atoms with Gasteiger partial charge in [0.1, 0.15) is 6.61 Å². The van der Waals surface area contributed by atoms with Crippen LogP contribution in [0, 0.1) is 3.57 Å². The minimum atomic E-state index is -0.0968. The molecule has 1 aromatic heterocycles. The summed E-state index contributed by atoms with van der Waals surface area (Å²) in [6.07, 6.45) is 3.25. The van der Waals surface area contributed by atoms with Crippen LogP contribution in [0.25, 0.3) is 0 Å². The van der Waals surface area contributed by atoms with E-state index in [1.165, 1.54) is 0 Å². The van der Waals surface area contributed by atoms with Crippen molar-refractivity contribution in [3.05, 3.63) is 54.8 Å². The van der Waals surface area contributed by atoms with Crippen LogP contribution in [0.15, 0.2) is 30.6 Å². The average molecular weight is 500 g/mol.